The van der Waals surface area contributed by atoms with E-state index in [-0.39, 0.29) is 5.92 Å². The minimum absolute atomic E-state index is 0.0438. The number of hydrogen-bond acceptors (Lipinski definition) is 5. The maximum Gasteiger partial charge on any atom is 0.231 e. The van der Waals surface area contributed by atoms with Crippen LogP contribution in [0.2, 0.25) is 10.0 Å². The van der Waals surface area contributed by atoms with Gasteiger partial charge in [0, 0.05) is 12.7 Å². The van der Waals surface area contributed by atoms with Gasteiger partial charge in [-0.3, -0.25) is 0 Å². The molecule has 0 radical (unpaired) electrons. The van der Waals surface area contributed by atoms with Crippen LogP contribution in [0.4, 0.5) is 0 Å². The predicted molar refractivity (Wildman–Crippen MR) is 78.8 cm³/mol. The molecule has 0 aromatic carbocycles. The Morgan fingerprint density at radius 2 is 2.10 bits per heavy atom. The van der Waals surface area contributed by atoms with E-state index in [0.29, 0.717) is 39.9 Å². The van der Waals surface area contributed by atoms with Crippen molar-refractivity contribution in [3.05, 3.63) is 28.2 Å². The summed E-state index contributed by atoms with van der Waals surface area (Å²) in [4.78, 5) is 8.47. The highest BCUT2D eigenvalue weighted by atomic mass is 35.5. The van der Waals surface area contributed by atoms with E-state index in [1.54, 1.807) is 6.07 Å². The summed E-state index contributed by atoms with van der Waals surface area (Å²) in [7, 11) is 0. The van der Waals surface area contributed by atoms with Crippen molar-refractivity contribution in [1.82, 2.24) is 15.1 Å². The van der Waals surface area contributed by atoms with E-state index in [4.69, 9.17) is 33.5 Å². The number of nitrogens with zero attached hydrogens (tertiary/aromatic N) is 3. The summed E-state index contributed by atoms with van der Waals surface area (Å²) in [5.74, 6) is 1.41. The monoisotopic (exact) mass is 314 g/mol. The maximum absolute atomic E-state index is 6.08. The number of rotatable bonds is 5. The van der Waals surface area contributed by atoms with Gasteiger partial charge in [0.2, 0.25) is 11.7 Å². The Hall–Kier alpha value is -1.17. The van der Waals surface area contributed by atoms with Gasteiger partial charge in [-0.15, -0.1) is 0 Å². The third-order valence-corrected chi connectivity index (χ3v) is 3.35. The molecule has 108 valence electrons. The molecule has 0 aliphatic heterocycles. The van der Waals surface area contributed by atoms with Crippen LogP contribution in [0.1, 0.15) is 32.1 Å². The van der Waals surface area contributed by atoms with Gasteiger partial charge in [0.1, 0.15) is 5.69 Å². The van der Waals surface area contributed by atoms with Crippen molar-refractivity contribution in [2.24, 2.45) is 11.7 Å². The van der Waals surface area contributed by atoms with Gasteiger partial charge in [0.15, 0.2) is 0 Å². The molecule has 2 N–H and O–H groups in total. The molecule has 0 saturated carbocycles. The topological polar surface area (TPSA) is 77.8 Å². The quantitative estimate of drug-likeness (QED) is 0.913. The highest BCUT2D eigenvalue weighted by molar-refractivity contribution is 6.35. The molecule has 0 bridgehead atoms. The molecule has 0 saturated heterocycles. The molecule has 1 atom stereocenters. The van der Waals surface area contributed by atoms with Gasteiger partial charge in [-0.2, -0.15) is 4.98 Å². The molecule has 2 aromatic rings. The zero-order valence-corrected chi connectivity index (χ0v) is 12.8. The Morgan fingerprint density at radius 3 is 2.70 bits per heavy atom. The summed E-state index contributed by atoms with van der Waals surface area (Å²) in [5.41, 5.74) is 6.21. The molecule has 0 amide bonds. The minimum atomic E-state index is 0.0438. The average Bonchev–Trinajstić information content (AvgIpc) is 2.85. The van der Waals surface area contributed by atoms with Gasteiger partial charge in [0.05, 0.1) is 16.0 Å². The molecule has 0 spiro atoms. The van der Waals surface area contributed by atoms with Crippen molar-refractivity contribution in [2.75, 3.05) is 6.54 Å². The molecule has 2 aromatic heterocycles. The number of pyridine rings is 1. The van der Waals surface area contributed by atoms with Gasteiger partial charge in [-0.25, -0.2) is 4.98 Å². The van der Waals surface area contributed by atoms with Crippen LogP contribution in [0.5, 0.6) is 0 Å². The number of hydrogen-bond donors (Lipinski definition) is 1. The minimum Gasteiger partial charge on any atom is -0.339 e. The third-order valence-electron chi connectivity index (χ3n) is 2.85. The lowest BCUT2D eigenvalue weighted by atomic mass is 9.97. The van der Waals surface area contributed by atoms with E-state index in [2.05, 4.69) is 29.0 Å². The normalized spacial score (nSPS) is 12.9. The van der Waals surface area contributed by atoms with Crippen molar-refractivity contribution in [3.63, 3.8) is 0 Å². The van der Waals surface area contributed by atoms with E-state index in [9.17, 15) is 0 Å². The fourth-order valence-corrected chi connectivity index (χ4v) is 2.41. The van der Waals surface area contributed by atoms with E-state index < -0.39 is 0 Å². The lowest BCUT2D eigenvalue weighted by Crippen LogP contribution is -2.15. The van der Waals surface area contributed by atoms with E-state index in [1.165, 1.54) is 6.20 Å². The zero-order chi connectivity index (χ0) is 14.7. The molecule has 20 heavy (non-hydrogen) atoms. The van der Waals surface area contributed by atoms with Gasteiger partial charge >= 0.3 is 0 Å². The van der Waals surface area contributed by atoms with Crippen LogP contribution in [0.25, 0.3) is 11.5 Å². The average molecular weight is 315 g/mol. The van der Waals surface area contributed by atoms with Crippen LogP contribution in [0.15, 0.2) is 16.8 Å². The van der Waals surface area contributed by atoms with Crippen LogP contribution in [-0.2, 0) is 0 Å². The first kappa shape index (κ1) is 15.2. The van der Waals surface area contributed by atoms with Gasteiger partial charge in [-0.1, -0.05) is 42.2 Å². The van der Waals surface area contributed by atoms with Crippen molar-refractivity contribution >= 4 is 23.2 Å². The van der Waals surface area contributed by atoms with E-state index >= 15 is 0 Å². The second-order valence-corrected chi connectivity index (χ2v) is 5.85. The lowest BCUT2D eigenvalue weighted by molar-refractivity contribution is 0.334. The van der Waals surface area contributed by atoms with Crippen LogP contribution >= 0.6 is 23.2 Å². The number of halogens is 2. The van der Waals surface area contributed by atoms with Crippen molar-refractivity contribution in [1.29, 1.82) is 0 Å². The Kier molecular flexibility index (Phi) is 4.96. The smallest absolute Gasteiger partial charge is 0.231 e. The van der Waals surface area contributed by atoms with E-state index in [1.807, 2.05) is 0 Å². The van der Waals surface area contributed by atoms with Gasteiger partial charge in [0.25, 0.3) is 0 Å². The van der Waals surface area contributed by atoms with Crippen molar-refractivity contribution < 1.29 is 4.52 Å². The predicted octanol–water partition coefficient (Wildman–Crippen LogP) is 3.53. The summed E-state index contributed by atoms with van der Waals surface area (Å²) >= 11 is 11.9. The molecule has 0 aliphatic carbocycles. The fourth-order valence-electron chi connectivity index (χ4n) is 1.94. The second kappa shape index (κ2) is 6.52. The summed E-state index contributed by atoms with van der Waals surface area (Å²) in [5, 5.41) is 4.77. The SMILES string of the molecule is CC(C)CC(CN)c1nc(-c2ncc(Cl)cc2Cl)no1. The maximum atomic E-state index is 6.08. The second-order valence-electron chi connectivity index (χ2n) is 5.00. The first-order chi connectivity index (χ1) is 9.51. The van der Waals surface area contributed by atoms with Crippen molar-refractivity contribution in [3.8, 4) is 11.5 Å². The highest BCUT2D eigenvalue weighted by Gasteiger charge is 2.21. The van der Waals surface area contributed by atoms with Gasteiger partial charge in [-0.05, 0) is 18.4 Å². The number of nitrogens with two attached hydrogens (primary N) is 1. The first-order valence-corrected chi connectivity index (χ1v) is 7.12. The Labute approximate surface area is 127 Å². The van der Waals surface area contributed by atoms with Crippen LogP contribution in [-0.4, -0.2) is 21.7 Å². The van der Waals surface area contributed by atoms with Crippen LogP contribution in [0.3, 0.4) is 0 Å². The van der Waals surface area contributed by atoms with E-state index in [0.717, 1.165) is 6.42 Å². The molecular weight excluding hydrogens is 299 g/mol. The summed E-state index contributed by atoms with van der Waals surface area (Å²) in [6.07, 6.45) is 2.38. The summed E-state index contributed by atoms with van der Waals surface area (Å²) in [6, 6.07) is 1.59. The largest absolute Gasteiger partial charge is 0.339 e. The Bertz CT molecular complexity index is 586. The van der Waals surface area contributed by atoms with Crippen molar-refractivity contribution in [2.45, 2.75) is 26.2 Å². The molecule has 0 fully saturated rings. The highest BCUT2D eigenvalue weighted by Crippen LogP contribution is 2.28. The summed E-state index contributed by atoms with van der Waals surface area (Å²) in [6.45, 7) is 4.71. The summed E-state index contributed by atoms with van der Waals surface area (Å²) < 4.78 is 5.29. The standard InChI is InChI=1S/C13H16Cl2N4O/c1-7(2)3-8(5-16)13-18-12(19-20-13)11-10(15)4-9(14)6-17-11/h4,6-8H,3,5,16H2,1-2H3. The first-order valence-electron chi connectivity index (χ1n) is 6.36. The lowest BCUT2D eigenvalue weighted by Gasteiger charge is -2.11. The zero-order valence-electron chi connectivity index (χ0n) is 11.3. The Morgan fingerprint density at radius 1 is 1.35 bits per heavy atom. The molecule has 2 heterocycles. The third kappa shape index (κ3) is 3.48. The van der Waals surface area contributed by atoms with Crippen LogP contribution < -0.4 is 5.73 Å². The molecule has 1 unspecified atom stereocenters. The molecule has 7 heteroatoms. The molecule has 0 aliphatic rings. The van der Waals surface area contributed by atoms with Crippen LogP contribution in [0, 0.1) is 5.92 Å². The van der Waals surface area contributed by atoms with Gasteiger partial charge < -0.3 is 10.3 Å². The molecule has 2 rings (SSSR count). The molecular formula is C13H16Cl2N4O. The molecule has 5 nitrogen and oxygen atoms in total. The Balaban J connectivity index is 2.27. The number of aromatic nitrogens is 3. The fraction of sp³-hybridized carbons (Fsp3) is 0.462.